The largest absolute Gasteiger partial charge is 0.311 e. The van der Waals surface area contributed by atoms with E-state index in [4.69, 9.17) is 0 Å². The van der Waals surface area contributed by atoms with Crippen molar-refractivity contribution in [1.82, 2.24) is 9.97 Å². The first kappa shape index (κ1) is 42.2. The summed E-state index contributed by atoms with van der Waals surface area (Å²) in [7, 11) is 0. The minimum absolute atomic E-state index is 0.401. The molecule has 13 rings (SSSR count). The lowest BCUT2D eigenvalue weighted by molar-refractivity contribution is 0.768. The molecule has 0 amide bonds. The van der Waals surface area contributed by atoms with Crippen molar-refractivity contribution in [3.8, 4) is 44.5 Å². The smallest absolute Gasteiger partial charge is 0.0970 e. The van der Waals surface area contributed by atoms with Crippen LogP contribution in [0.5, 0.6) is 0 Å². The van der Waals surface area contributed by atoms with E-state index >= 15 is 0 Å². The van der Waals surface area contributed by atoms with Crippen molar-refractivity contribution in [3.05, 3.63) is 308 Å². The standard InChI is InChI=1S/C43H31N.C24H16N2/c1-4-14-32(15-5-1)33-24-28-37(29-25-33)44(36-18-8-3-9-19-36)38-30-26-35(27-31-38)43(34-16-6-2-7-17-34)41-22-12-10-20-39(41)40-21-11-13-23-42(40)43;1-3-7-17(8-4-1)19-13-15-25-23-21(19)11-12-22-20(14-16-26-24(22)23)18-9-5-2-6-10-18/h1-31H;1-16H. The summed E-state index contributed by atoms with van der Waals surface area (Å²) in [6.45, 7) is 0. The average Bonchev–Trinajstić information content (AvgIpc) is 3.75. The maximum absolute atomic E-state index is 4.67. The van der Waals surface area contributed by atoms with Crippen molar-refractivity contribution in [2.24, 2.45) is 0 Å². The number of fused-ring (bicyclic) bond motifs is 6. The van der Waals surface area contributed by atoms with E-state index in [2.05, 4.69) is 276 Å². The molecule has 1 aliphatic rings. The summed E-state index contributed by atoms with van der Waals surface area (Å²) in [6.07, 6.45) is 3.75. The number of anilines is 3. The second-order valence-electron chi connectivity index (χ2n) is 17.6. The Balaban J connectivity index is 0.000000165. The molecule has 2 aromatic heterocycles. The molecule has 1 aliphatic carbocycles. The molecular weight excluding hydrogens is 847 g/mol. The zero-order valence-electron chi connectivity index (χ0n) is 38.5. The van der Waals surface area contributed by atoms with E-state index in [9.17, 15) is 0 Å². The van der Waals surface area contributed by atoms with Gasteiger partial charge in [0.25, 0.3) is 0 Å². The lowest BCUT2D eigenvalue weighted by atomic mass is 9.68. The maximum Gasteiger partial charge on any atom is 0.0970 e. The Morgan fingerprint density at radius 1 is 0.257 bits per heavy atom. The first-order valence-corrected chi connectivity index (χ1v) is 23.9. The topological polar surface area (TPSA) is 29.0 Å². The fraction of sp³-hybridized carbons (Fsp3) is 0.0149. The molecule has 70 heavy (non-hydrogen) atoms. The molecule has 12 aromatic rings. The molecule has 0 aliphatic heterocycles. The van der Waals surface area contributed by atoms with Gasteiger partial charge in [-0.2, -0.15) is 0 Å². The van der Waals surface area contributed by atoms with E-state index in [1.807, 2.05) is 24.5 Å². The molecule has 0 N–H and O–H groups in total. The fourth-order valence-corrected chi connectivity index (χ4v) is 10.6. The predicted molar refractivity (Wildman–Crippen MR) is 292 cm³/mol. The van der Waals surface area contributed by atoms with Crippen LogP contribution < -0.4 is 4.90 Å². The molecule has 2 heterocycles. The molecule has 3 heteroatoms. The molecular formula is C67H47N3. The molecule has 330 valence electrons. The summed E-state index contributed by atoms with van der Waals surface area (Å²) in [4.78, 5) is 11.7. The third-order valence-electron chi connectivity index (χ3n) is 13.8. The molecule has 0 bridgehead atoms. The second kappa shape index (κ2) is 18.5. The fourth-order valence-electron chi connectivity index (χ4n) is 10.6. The molecule has 0 unspecified atom stereocenters. The van der Waals surface area contributed by atoms with Gasteiger partial charge in [-0.3, -0.25) is 9.97 Å². The van der Waals surface area contributed by atoms with Gasteiger partial charge in [0, 0.05) is 40.2 Å². The summed E-state index contributed by atoms with van der Waals surface area (Å²) < 4.78 is 0. The third-order valence-corrected chi connectivity index (χ3v) is 13.8. The van der Waals surface area contributed by atoms with Crippen LogP contribution in [0, 0.1) is 0 Å². The summed E-state index contributed by atoms with van der Waals surface area (Å²) in [6, 6.07) is 97.4. The van der Waals surface area contributed by atoms with Gasteiger partial charge >= 0.3 is 0 Å². The molecule has 0 saturated carbocycles. The van der Waals surface area contributed by atoms with Gasteiger partial charge in [0.15, 0.2) is 0 Å². The van der Waals surface area contributed by atoms with Crippen molar-refractivity contribution >= 4 is 38.9 Å². The van der Waals surface area contributed by atoms with Crippen LogP contribution in [0.15, 0.2) is 285 Å². The highest BCUT2D eigenvalue weighted by molar-refractivity contribution is 6.11. The summed E-state index contributed by atoms with van der Waals surface area (Å²) >= 11 is 0. The number of para-hydroxylation sites is 1. The monoisotopic (exact) mass is 893 g/mol. The number of benzene rings is 10. The normalized spacial score (nSPS) is 12.1. The molecule has 0 radical (unpaired) electrons. The van der Waals surface area contributed by atoms with Crippen LogP contribution in [-0.2, 0) is 5.41 Å². The highest BCUT2D eigenvalue weighted by Gasteiger charge is 2.45. The molecule has 0 saturated heterocycles. The van der Waals surface area contributed by atoms with E-state index in [1.165, 1.54) is 66.8 Å². The van der Waals surface area contributed by atoms with Gasteiger partial charge in [-0.05, 0) is 115 Å². The van der Waals surface area contributed by atoms with Crippen molar-refractivity contribution in [3.63, 3.8) is 0 Å². The molecule has 0 fully saturated rings. The predicted octanol–water partition coefficient (Wildman–Crippen LogP) is 17.3. The van der Waals surface area contributed by atoms with E-state index in [1.54, 1.807) is 0 Å². The summed E-state index contributed by atoms with van der Waals surface area (Å²) in [5.41, 5.74) is 19.9. The van der Waals surface area contributed by atoms with Crippen molar-refractivity contribution in [2.75, 3.05) is 4.90 Å². The van der Waals surface area contributed by atoms with Crippen molar-refractivity contribution in [2.45, 2.75) is 5.41 Å². The second-order valence-corrected chi connectivity index (χ2v) is 17.6. The average molecular weight is 894 g/mol. The first-order chi connectivity index (χ1) is 34.8. The molecule has 10 aromatic carbocycles. The van der Waals surface area contributed by atoms with Gasteiger partial charge in [0.05, 0.1) is 16.4 Å². The van der Waals surface area contributed by atoms with Gasteiger partial charge in [0.2, 0.25) is 0 Å². The number of hydrogen-bond donors (Lipinski definition) is 0. The Bertz CT molecular complexity index is 3580. The van der Waals surface area contributed by atoms with Gasteiger partial charge in [-0.1, -0.05) is 224 Å². The minimum Gasteiger partial charge on any atom is -0.311 e. The van der Waals surface area contributed by atoms with Gasteiger partial charge < -0.3 is 4.90 Å². The Hall–Kier alpha value is -9.18. The zero-order valence-corrected chi connectivity index (χ0v) is 38.5. The highest BCUT2D eigenvalue weighted by Crippen LogP contribution is 2.56. The Morgan fingerprint density at radius 2 is 0.614 bits per heavy atom. The van der Waals surface area contributed by atoms with Crippen LogP contribution in [0.25, 0.3) is 66.3 Å². The Labute approximate surface area is 409 Å². The van der Waals surface area contributed by atoms with Crippen molar-refractivity contribution in [1.29, 1.82) is 0 Å². The quantitative estimate of drug-likeness (QED) is 0.142. The number of hydrogen-bond acceptors (Lipinski definition) is 3. The van der Waals surface area contributed by atoms with Gasteiger partial charge in [-0.15, -0.1) is 0 Å². The Morgan fingerprint density at radius 3 is 1.10 bits per heavy atom. The van der Waals surface area contributed by atoms with Crippen LogP contribution >= 0.6 is 0 Å². The van der Waals surface area contributed by atoms with Crippen LogP contribution in [0.3, 0.4) is 0 Å². The molecule has 3 nitrogen and oxygen atoms in total. The van der Waals surface area contributed by atoms with E-state index < -0.39 is 5.41 Å². The lowest BCUT2D eigenvalue weighted by Crippen LogP contribution is -2.28. The molecule has 0 spiro atoms. The van der Waals surface area contributed by atoms with E-state index in [0.717, 1.165) is 38.9 Å². The highest BCUT2D eigenvalue weighted by atomic mass is 15.1. The van der Waals surface area contributed by atoms with Crippen LogP contribution in [0.4, 0.5) is 17.1 Å². The summed E-state index contributed by atoms with van der Waals surface area (Å²) in [5, 5.41) is 2.26. The minimum atomic E-state index is -0.401. The van der Waals surface area contributed by atoms with E-state index in [0.29, 0.717) is 0 Å². The number of aromatic nitrogens is 2. The van der Waals surface area contributed by atoms with Gasteiger partial charge in [0.1, 0.15) is 0 Å². The zero-order chi connectivity index (χ0) is 46.7. The number of nitrogens with zero attached hydrogens (tertiary/aromatic N) is 3. The van der Waals surface area contributed by atoms with E-state index in [-0.39, 0.29) is 0 Å². The number of rotatable bonds is 8. The van der Waals surface area contributed by atoms with Crippen LogP contribution in [-0.4, -0.2) is 9.97 Å². The SMILES string of the molecule is c1ccc(-c2ccc(N(c3ccccc3)c3ccc(C4(c5ccccc5)c5ccccc5-c5ccccc54)cc3)cc2)cc1.c1ccc(-c2ccnc3c2ccc2c(-c4ccccc4)ccnc23)cc1. The lowest BCUT2D eigenvalue weighted by Gasteiger charge is -2.34. The van der Waals surface area contributed by atoms with Crippen LogP contribution in [0.1, 0.15) is 22.3 Å². The van der Waals surface area contributed by atoms with Crippen molar-refractivity contribution < 1.29 is 0 Å². The van der Waals surface area contributed by atoms with Gasteiger partial charge in [-0.25, -0.2) is 0 Å². The first-order valence-electron chi connectivity index (χ1n) is 23.9. The molecule has 0 atom stereocenters. The number of pyridine rings is 2. The maximum atomic E-state index is 4.67. The van der Waals surface area contributed by atoms with Crippen LogP contribution in [0.2, 0.25) is 0 Å². The summed E-state index contributed by atoms with van der Waals surface area (Å²) in [5.74, 6) is 0. The third kappa shape index (κ3) is 7.51. The Kier molecular flexibility index (Phi) is 11.1.